The lowest BCUT2D eigenvalue weighted by atomic mass is 9.88. The van der Waals surface area contributed by atoms with Crippen molar-refractivity contribution in [2.24, 2.45) is 5.41 Å². The van der Waals surface area contributed by atoms with Crippen molar-refractivity contribution in [2.45, 2.75) is 44.9 Å². The Hall–Kier alpha value is -0.660. The van der Waals surface area contributed by atoms with E-state index in [1.165, 1.54) is 0 Å². The molecule has 19 heavy (non-hydrogen) atoms. The van der Waals surface area contributed by atoms with Gasteiger partial charge in [0.2, 0.25) is 0 Å². The lowest BCUT2D eigenvalue weighted by molar-refractivity contribution is -0.157. The van der Waals surface area contributed by atoms with E-state index in [4.69, 9.17) is 20.5 Å². The average molecular weight is 315 g/mol. The topological polar surface area (TPSA) is 86.7 Å². The highest BCUT2D eigenvalue weighted by atomic mass is 35.5. The molecule has 0 bridgehead atoms. The van der Waals surface area contributed by atoms with E-state index in [0.717, 1.165) is 6.92 Å². The highest BCUT2D eigenvalue weighted by Gasteiger charge is 2.35. The summed E-state index contributed by atoms with van der Waals surface area (Å²) in [5, 5.41) is 0. The van der Waals surface area contributed by atoms with Gasteiger partial charge in [-0.15, -0.1) is 11.6 Å². The lowest BCUT2D eigenvalue weighted by Gasteiger charge is -2.29. The summed E-state index contributed by atoms with van der Waals surface area (Å²) in [6.45, 7) is 5.57. The van der Waals surface area contributed by atoms with Crippen molar-refractivity contribution >= 4 is 34.0 Å². The molecular formula is C11H19ClO6S. The third-order valence-corrected chi connectivity index (χ3v) is 4.79. The van der Waals surface area contributed by atoms with Crippen molar-refractivity contribution in [1.82, 2.24) is 0 Å². The molecule has 0 saturated carbocycles. The molecule has 0 saturated heterocycles. The Morgan fingerprint density at radius 1 is 1.42 bits per heavy atom. The molecule has 0 fully saturated rings. The Labute approximate surface area is 118 Å². The Morgan fingerprint density at radius 3 is 2.32 bits per heavy atom. The van der Waals surface area contributed by atoms with Crippen LogP contribution in [0.1, 0.15) is 34.1 Å². The number of aldehydes is 1. The minimum Gasteiger partial charge on any atom is -0.454 e. The lowest BCUT2D eigenvalue weighted by Crippen LogP contribution is -2.39. The first kappa shape index (κ1) is 18.3. The van der Waals surface area contributed by atoms with Gasteiger partial charge in [-0.1, -0.05) is 20.8 Å². The van der Waals surface area contributed by atoms with Gasteiger partial charge in [0, 0.05) is 12.3 Å². The molecule has 0 aliphatic carbocycles. The molecule has 0 aliphatic rings. The molecule has 6 nitrogen and oxygen atoms in total. The number of alkyl halides is 1. The smallest absolute Gasteiger partial charge is 0.303 e. The maximum atomic E-state index is 11.6. The number of carbonyl (C=O) groups excluding carboxylic acids is 2. The van der Waals surface area contributed by atoms with Crippen molar-refractivity contribution in [2.75, 3.05) is 6.61 Å². The van der Waals surface area contributed by atoms with Gasteiger partial charge in [0.05, 0.1) is 6.61 Å². The number of carbonyl (C=O) groups is 2. The zero-order valence-electron chi connectivity index (χ0n) is 11.4. The predicted molar refractivity (Wildman–Crippen MR) is 70.2 cm³/mol. The van der Waals surface area contributed by atoms with Gasteiger partial charge in [-0.05, 0) is 6.42 Å². The van der Waals surface area contributed by atoms with Gasteiger partial charge >= 0.3 is 5.97 Å². The van der Waals surface area contributed by atoms with Gasteiger partial charge in [0.25, 0.3) is 10.1 Å². The fraction of sp³-hybridized carbons (Fsp3) is 0.818. The number of hydrogen-bond acceptors (Lipinski definition) is 6. The van der Waals surface area contributed by atoms with Crippen LogP contribution < -0.4 is 0 Å². The third-order valence-electron chi connectivity index (χ3n) is 2.42. The van der Waals surface area contributed by atoms with Crippen LogP contribution in [-0.4, -0.2) is 38.1 Å². The summed E-state index contributed by atoms with van der Waals surface area (Å²) in [7, 11) is -3.90. The molecular weight excluding hydrogens is 296 g/mol. The third kappa shape index (κ3) is 5.88. The predicted octanol–water partition coefficient (Wildman–Crippen LogP) is 1.46. The number of rotatable bonds is 8. The Morgan fingerprint density at radius 2 is 1.95 bits per heavy atom. The Bertz CT molecular complexity index is 417. The van der Waals surface area contributed by atoms with Crippen molar-refractivity contribution in [3.05, 3.63) is 0 Å². The van der Waals surface area contributed by atoms with Crippen LogP contribution >= 0.6 is 11.6 Å². The molecule has 112 valence electrons. The minimum absolute atomic E-state index is 0.200. The van der Waals surface area contributed by atoms with Gasteiger partial charge in [-0.25, -0.2) is 0 Å². The molecule has 2 atom stereocenters. The van der Waals surface area contributed by atoms with Gasteiger partial charge < -0.3 is 4.74 Å². The summed E-state index contributed by atoms with van der Waals surface area (Å²) in [6.07, 6.45) is -0.448. The number of hydrogen-bond donors (Lipinski definition) is 0. The highest BCUT2D eigenvalue weighted by Crippen LogP contribution is 2.25. The first-order valence-corrected chi connectivity index (χ1v) is 7.62. The summed E-state index contributed by atoms with van der Waals surface area (Å²) >= 11 is 5.62. The van der Waals surface area contributed by atoms with Gasteiger partial charge in [-0.3, -0.25) is 13.8 Å². The summed E-state index contributed by atoms with van der Waals surface area (Å²) in [6, 6.07) is 0. The fourth-order valence-electron chi connectivity index (χ4n) is 1.14. The highest BCUT2D eigenvalue weighted by molar-refractivity contribution is 7.88. The van der Waals surface area contributed by atoms with Crippen LogP contribution in [0.3, 0.4) is 0 Å². The second kappa shape index (κ2) is 7.21. The summed E-state index contributed by atoms with van der Waals surface area (Å²) in [4.78, 5) is 21.7. The normalized spacial score (nSPS) is 15.6. The zero-order valence-corrected chi connectivity index (χ0v) is 13.0. The van der Waals surface area contributed by atoms with Crippen LogP contribution in [0.2, 0.25) is 0 Å². The molecule has 0 N–H and O–H groups in total. The SMILES string of the molecule is CC[C@@H](Cl)S(=O)(=O)OCC(C)(C)[C@H](C=O)OC(C)=O. The van der Waals surface area contributed by atoms with Crippen LogP contribution in [-0.2, 0) is 28.6 Å². The monoisotopic (exact) mass is 314 g/mol. The molecule has 0 aromatic rings. The van der Waals surface area contributed by atoms with Crippen LogP contribution in [0, 0.1) is 5.41 Å². The molecule has 0 aromatic carbocycles. The van der Waals surface area contributed by atoms with Crippen molar-refractivity contribution in [3.8, 4) is 0 Å². The molecule has 0 amide bonds. The average Bonchev–Trinajstić information content (AvgIpc) is 2.32. The van der Waals surface area contributed by atoms with E-state index < -0.39 is 32.3 Å². The number of ether oxygens (including phenoxy) is 1. The first-order valence-electron chi connectivity index (χ1n) is 5.71. The van der Waals surface area contributed by atoms with Crippen LogP contribution in [0.25, 0.3) is 0 Å². The van der Waals surface area contributed by atoms with Crippen molar-refractivity contribution in [3.63, 3.8) is 0 Å². The zero-order chi connectivity index (χ0) is 15.3. The van der Waals surface area contributed by atoms with Crippen molar-refractivity contribution in [1.29, 1.82) is 0 Å². The van der Waals surface area contributed by atoms with Crippen LogP contribution in [0.4, 0.5) is 0 Å². The summed E-state index contributed by atoms with van der Waals surface area (Å²) in [5.74, 6) is -0.628. The molecule has 0 aromatic heterocycles. The number of esters is 1. The molecule has 0 heterocycles. The fourth-order valence-corrected chi connectivity index (χ4v) is 2.32. The van der Waals surface area contributed by atoms with Gasteiger partial charge in [0.15, 0.2) is 17.1 Å². The van der Waals surface area contributed by atoms with Gasteiger partial charge in [-0.2, -0.15) is 8.42 Å². The minimum atomic E-state index is -3.90. The Balaban J connectivity index is 4.77. The quantitative estimate of drug-likeness (QED) is 0.292. The van der Waals surface area contributed by atoms with E-state index in [9.17, 15) is 18.0 Å². The van der Waals surface area contributed by atoms with E-state index in [1.54, 1.807) is 20.8 Å². The molecule has 0 rings (SSSR count). The maximum absolute atomic E-state index is 11.6. The van der Waals surface area contributed by atoms with Crippen molar-refractivity contribution < 1.29 is 26.9 Å². The van der Waals surface area contributed by atoms with E-state index in [0.29, 0.717) is 6.29 Å². The summed E-state index contributed by atoms with van der Waals surface area (Å²) in [5.41, 5.74) is -0.981. The second-order valence-corrected chi connectivity index (χ2v) is 7.30. The largest absolute Gasteiger partial charge is 0.454 e. The van der Waals surface area contributed by atoms with E-state index in [-0.39, 0.29) is 13.0 Å². The molecule has 0 radical (unpaired) electrons. The first-order chi connectivity index (χ1) is 8.56. The number of halogens is 1. The molecule has 0 spiro atoms. The van der Waals surface area contributed by atoms with E-state index in [1.807, 2.05) is 0 Å². The molecule has 0 aliphatic heterocycles. The molecule has 8 heteroatoms. The van der Waals surface area contributed by atoms with E-state index >= 15 is 0 Å². The van der Waals surface area contributed by atoms with Crippen LogP contribution in [0.5, 0.6) is 0 Å². The summed E-state index contributed by atoms with van der Waals surface area (Å²) < 4.78 is 31.6. The molecule has 0 unspecified atom stereocenters. The van der Waals surface area contributed by atoms with Crippen LogP contribution in [0.15, 0.2) is 0 Å². The van der Waals surface area contributed by atoms with E-state index in [2.05, 4.69) is 0 Å². The maximum Gasteiger partial charge on any atom is 0.303 e. The Kier molecular flexibility index (Phi) is 6.96. The standard InChI is InChI=1S/C11H19ClO6S/c1-5-10(12)19(15,16)17-7-11(3,4)9(6-13)18-8(2)14/h6,9-10H,5,7H2,1-4H3/t9-,10-/m0/s1. The second-order valence-electron chi connectivity index (χ2n) is 4.73. The van der Waals surface area contributed by atoms with Gasteiger partial charge in [0.1, 0.15) is 0 Å².